The van der Waals surface area contributed by atoms with E-state index in [-0.39, 0.29) is 6.42 Å². The molecule has 0 fully saturated rings. The Morgan fingerprint density at radius 1 is 1.10 bits per heavy atom. The number of aliphatic hydroxyl groups is 1. The van der Waals surface area contributed by atoms with Gasteiger partial charge in [0, 0.05) is 27.6 Å². The van der Waals surface area contributed by atoms with Crippen molar-refractivity contribution in [1.82, 2.24) is 0 Å². The minimum absolute atomic E-state index is 0.176. The topological polar surface area (TPSA) is 20.2 Å². The molecule has 2 aromatic rings. The Bertz CT molecular complexity index is 575. The molecule has 0 radical (unpaired) electrons. The molecule has 0 aliphatic carbocycles. The second kappa shape index (κ2) is 7.20. The fourth-order valence-corrected chi connectivity index (χ4v) is 2.82. The molecule has 0 aliphatic rings. The van der Waals surface area contributed by atoms with Crippen molar-refractivity contribution in [3.8, 4) is 0 Å². The van der Waals surface area contributed by atoms with Crippen molar-refractivity contribution in [2.45, 2.75) is 17.4 Å². The van der Waals surface area contributed by atoms with Crippen LogP contribution in [0.1, 0.15) is 5.56 Å². The summed E-state index contributed by atoms with van der Waals surface area (Å²) in [6, 6.07) is 11.2. The van der Waals surface area contributed by atoms with E-state index < -0.39 is 17.7 Å². The largest absolute Gasteiger partial charge is 0.392 e. The van der Waals surface area contributed by atoms with Crippen LogP contribution >= 0.6 is 27.7 Å². The van der Waals surface area contributed by atoms with Gasteiger partial charge in [-0.2, -0.15) is 0 Å². The van der Waals surface area contributed by atoms with E-state index in [1.165, 1.54) is 23.9 Å². The van der Waals surface area contributed by atoms with Crippen molar-refractivity contribution in [2.24, 2.45) is 0 Å². The van der Waals surface area contributed by atoms with Crippen LogP contribution in [0.15, 0.2) is 51.8 Å². The number of halogens is 3. The predicted molar refractivity (Wildman–Crippen MR) is 80.9 cm³/mol. The van der Waals surface area contributed by atoms with E-state index in [1.807, 2.05) is 24.3 Å². The molecule has 106 valence electrons. The summed E-state index contributed by atoms with van der Waals surface area (Å²) in [5.74, 6) is -0.763. The summed E-state index contributed by atoms with van der Waals surface area (Å²) in [4.78, 5) is 1.03. The lowest BCUT2D eigenvalue weighted by Gasteiger charge is -2.11. The third-order valence-corrected chi connectivity index (χ3v) is 4.41. The molecule has 1 unspecified atom stereocenters. The number of hydrogen-bond donors (Lipinski definition) is 1. The molecule has 2 rings (SSSR count). The molecular formula is C15H13BrF2OS. The van der Waals surface area contributed by atoms with Crippen LogP contribution in [0.4, 0.5) is 8.78 Å². The molecule has 1 atom stereocenters. The van der Waals surface area contributed by atoms with Gasteiger partial charge in [-0.3, -0.25) is 0 Å². The first kappa shape index (κ1) is 15.5. The molecule has 0 spiro atoms. The minimum Gasteiger partial charge on any atom is -0.392 e. The van der Waals surface area contributed by atoms with Crippen LogP contribution in [-0.4, -0.2) is 17.0 Å². The highest BCUT2D eigenvalue weighted by atomic mass is 79.9. The minimum atomic E-state index is -0.677. The average molecular weight is 359 g/mol. The van der Waals surface area contributed by atoms with Gasteiger partial charge in [0.15, 0.2) is 0 Å². The molecule has 0 aromatic heterocycles. The van der Waals surface area contributed by atoms with Crippen molar-refractivity contribution in [3.63, 3.8) is 0 Å². The maximum atomic E-state index is 13.5. The van der Waals surface area contributed by atoms with Crippen LogP contribution in [0.2, 0.25) is 0 Å². The smallest absolute Gasteiger partial charge is 0.129 e. The molecule has 0 aliphatic heterocycles. The van der Waals surface area contributed by atoms with Gasteiger partial charge in [-0.05, 0) is 35.9 Å². The fourth-order valence-electron chi connectivity index (χ4n) is 1.72. The van der Waals surface area contributed by atoms with Gasteiger partial charge in [0.2, 0.25) is 0 Å². The summed E-state index contributed by atoms with van der Waals surface area (Å²) in [6.45, 7) is 0. The molecule has 0 bridgehead atoms. The average Bonchev–Trinajstić information content (AvgIpc) is 2.41. The molecule has 20 heavy (non-hydrogen) atoms. The molecule has 0 amide bonds. The SMILES string of the molecule is OC(CSc1ccc(Br)cc1)Cc1ccc(F)cc1F. The van der Waals surface area contributed by atoms with Crippen molar-refractivity contribution < 1.29 is 13.9 Å². The first-order chi connectivity index (χ1) is 9.54. The number of aliphatic hydroxyl groups excluding tert-OH is 1. The Morgan fingerprint density at radius 2 is 1.80 bits per heavy atom. The molecule has 0 saturated carbocycles. The van der Waals surface area contributed by atoms with Crippen molar-refractivity contribution in [3.05, 3.63) is 64.1 Å². The Morgan fingerprint density at radius 3 is 2.45 bits per heavy atom. The van der Waals surface area contributed by atoms with Gasteiger partial charge >= 0.3 is 0 Å². The van der Waals surface area contributed by atoms with Gasteiger partial charge in [0.05, 0.1) is 6.10 Å². The van der Waals surface area contributed by atoms with Crippen LogP contribution in [0.3, 0.4) is 0 Å². The molecular weight excluding hydrogens is 346 g/mol. The van der Waals surface area contributed by atoms with Crippen LogP contribution in [0.5, 0.6) is 0 Å². The zero-order valence-electron chi connectivity index (χ0n) is 10.5. The molecule has 1 nitrogen and oxygen atoms in total. The van der Waals surface area contributed by atoms with E-state index >= 15 is 0 Å². The third-order valence-electron chi connectivity index (χ3n) is 2.73. The summed E-state index contributed by atoms with van der Waals surface area (Å²) in [5, 5.41) is 9.92. The summed E-state index contributed by atoms with van der Waals surface area (Å²) in [7, 11) is 0. The van der Waals surface area contributed by atoms with Crippen molar-refractivity contribution in [1.29, 1.82) is 0 Å². The van der Waals surface area contributed by atoms with Crippen LogP contribution < -0.4 is 0 Å². The van der Waals surface area contributed by atoms with E-state index in [9.17, 15) is 13.9 Å². The maximum absolute atomic E-state index is 13.5. The van der Waals surface area contributed by atoms with Gasteiger partial charge in [-0.15, -0.1) is 11.8 Å². The molecule has 2 aromatic carbocycles. The molecule has 0 saturated heterocycles. The highest BCUT2D eigenvalue weighted by Gasteiger charge is 2.11. The summed E-state index contributed by atoms with van der Waals surface area (Å²) in [6.07, 6.45) is -0.501. The highest BCUT2D eigenvalue weighted by Crippen LogP contribution is 2.22. The second-order valence-corrected chi connectivity index (χ2v) is 6.37. The quantitative estimate of drug-likeness (QED) is 0.798. The fraction of sp³-hybridized carbons (Fsp3) is 0.200. The highest BCUT2D eigenvalue weighted by molar-refractivity contribution is 9.10. The van der Waals surface area contributed by atoms with E-state index in [0.29, 0.717) is 11.3 Å². The lowest BCUT2D eigenvalue weighted by molar-refractivity contribution is 0.198. The lowest BCUT2D eigenvalue weighted by Crippen LogP contribution is -2.14. The van der Waals surface area contributed by atoms with Crippen molar-refractivity contribution in [2.75, 3.05) is 5.75 Å². The van der Waals surface area contributed by atoms with Gasteiger partial charge in [-0.1, -0.05) is 22.0 Å². The van der Waals surface area contributed by atoms with Crippen molar-refractivity contribution >= 4 is 27.7 Å². The van der Waals surface area contributed by atoms with Gasteiger partial charge in [0.25, 0.3) is 0 Å². The monoisotopic (exact) mass is 358 g/mol. The van der Waals surface area contributed by atoms with E-state index in [0.717, 1.165) is 15.4 Å². The Hall–Kier alpha value is -0.910. The first-order valence-corrected chi connectivity index (χ1v) is 7.83. The Balaban J connectivity index is 1.89. The van der Waals surface area contributed by atoms with Gasteiger partial charge in [0.1, 0.15) is 11.6 Å². The number of thioether (sulfide) groups is 1. The second-order valence-electron chi connectivity index (χ2n) is 4.36. The van der Waals surface area contributed by atoms with E-state index in [1.54, 1.807) is 0 Å². The lowest BCUT2D eigenvalue weighted by atomic mass is 10.1. The maximum Gasteiger partial charge on any atom is 0.129 e. The van der Waals surface area contributed by atoms with E-state index in [4.69, 9.17) is 0 Å². The third kappa shape index (κ3) is 4.58. The zero-order chi connectivity index (χ0) is 14.5. The summed E-state index contributed by atoms with van der Waals surface area (Å²) < 4.78 is 27.2. The summed E-state index contributed by atoms with van der Waals surface area (Å²) >= 11 is 4.85. The molecule has 5 heteroatoms. The zero-order valence-corrected chi connectivity index (χ0v) is 12.9. The van der Waals surface area contributed by atoms with Gasteiger partial charge in [-0.25, -0.2) is 8.78 Å². The van der Waals surface area contributed by atoms with Crippen LogP contribution in [0, 0.1) is 11.6 Å². The van der Waals surface area contributed by atoms with Crippen LogP contribution in [0.25, 0.3) is 0 Å². The molecule has 0 heterocycles. The number of hydrogen-bond acceptors (Lipinski definition) is 2. The van der Waals surface area contributed by atoms with E-state index in [2.05, 4.69) is 15.9 Å². The first-order valence-electron chi connectivity index (χ1n) is 6.05. The number of benzene rings is 2. The standard InChI is InChI=1S/C15H13BrF2OS/c16-11-2-5-14(6-3-11)20-9-13(19)7-10-1-4-12(17)8-15(10)18/h1-6,8,13,19H,7,9H2. The number of rotatable bonds is 5. The summed E-state index contributed by atoms with van der Waals surface area (Å²) in [5.41, 5.74) is 0.329. The van der Waals surface area contributed by atoms with Gasteiger partial charge < -0.3 is 5.11 Å². The Labute approximate surface area is 129 Å². The van der Waals surface area contributed by atoms with Crippen LogP contribution in [-0.2, 0) is 6.42 Å². The predicted octanol–water partition coefficient (Wildman–Crippen LogP) is 4.42. The normalized spacial score (nSPS) is 12.4. The Kier molecular flexibility index (Phi) is 5.57. The molecule has 1 N–H and O–H groups in total.